The molecule has 30 heavy (non-hydrogen) atoms. The number of nitrogens with one attached hydrogen (secondary N) is 2. The van der Waals surface area contributed by atoms with Crippen molar-refractivity contribution in [2.24, 2.45) is 0 Å². The van der Waals surface area contributed by atoms with E-state index in [2.05, 4.69) is 25.7 Å². The highest BCUT2D eigenvalue weighted by Crippen LogP contribution is 2.23. The molecule has 0 aliphatic heterocycles. The fraction of sp³-hybridized carbons (Fsp3) is 0.0909. The van der Waals surface area contributed by atoms with Crippen LogP contribution in [0.2, 0.25) is 0 Å². The van der Waals surface area contributed by atoms with E-state index in [9.17, 15) is 4.79 Å². The number of ether oxygens (including phenoxy) is 1. The first kappa shape index (κ1) is 19.1. The normalized spacial score (nSPS) is 10.5. The van der Waals surface area contributed by atoms with Crippen molar-refractivity contribution in [2.75, 3.05) is 10.6 Å². The van der Waals surface area contributed by atoms with Crippen molar-refractivity contribution in [1.29, 1.82) is 0 Å². The van der Waals surface area contributed by atoms with E-state index in [1.54, 1.807) is 54.3 Å². The number of aryl methyl sites for hydroxylation is 2. The van der Waals surface area contributed by atoms with Crippen molar-refractivity contribution < 1.29 is 9.53 Å². The summed E-state index contributed by atoms with van der Waals surface area (Å²) in [7, 11) is 0. The Morgan fingerprint density at radius 1 is 0.933 bits per heavy atom. The molecule has 0 fully saturated rings. The van der Waals surface area contributed by atoms with Gasteiger partial charge in [0.1, 0.15) is 11.6 Å². The first-order valence-corrected chi connectivity index (χ1v) is 9.33. The second-order valence-corrected chi connectivity index (χ2v) is 6.64. The maximum atomic E-state index is 12.2. The Balaban J connectivity index is 1.41. The van der Waals surface area contributed by atoms with E-state index in [4.69, 9.17) is 4.74 Å². The van der Waals surface area contributed by atoms with Crippen LogP contribution >= 0.6 is 0 Å². The number of aromatic nitrogens is 4. The molecule has 8 heteroatoms. The first-order chi connectivity index (χ1) is 14.5. The molecule has 2 aromatic heterocycles. The molecule has 8 nitrogen and oxygen atoms in total. The van der Waals surface area contributed by atoms with Gasteiger partial charge >= 0.3 is 6.03 Å². The minimum atomic E-state index is -0.315. The van der Waals surface area contributed by atoms with Crippen LogP contribution in [-0.4, -0.2) is 25.8 Å². The number of benzene rings is 2. The molecule has 150 valence electrons. The Morgan fingerprint density at radius 3 is 2.47 bits per heavy atom. The SMILES string of the molecule is Cc1cccc(NC(=O)Nc2ccc(Oc3cc(-n4cccn4)nc(C)n3)cc2)c1. The van der Waals surface area contributed by atoms with Crippen LogP contribution < -0.4 is 15.4 Å². The van der Waals surface area contributed by atoms with E-state index in [0.29, 0.717) is 29.0 Å². The van der Waals surface area contributed by atoms with Crippen LogP contribution in [0.4, 0.5) is 16.2 Å². The van der Waals surface area contributed by atoms with Crippen LogP contribution in [0.3, 0.4) is 0 Å². The summed E-state index contributed by atoms with van der Waals surface area (Å²) in [6, 6.07) is 17.8. The van der Waals surface area contributed by atoms with Gasteiger partial charge < -0.3 is 15.4 Å². The van der Waals surface area contributed by atoms with Crippen LogP contribution in [0, 0.1) is 13.8 Å². The van der Waals surface area contributed by atoms with Gasteiger partial charge in [-0.25, -0.2) is 14.5 Å². The Kier molecular flexibility index (Phi) is 5.38. The molecule has 0 bridgehead atoms. The zero-order chi connectivity index (χ0) is 20.9. The van der Waals surface area contributed by atoms with Gasteiger partial charge in [0.05, 0.1) is 0 Å². The summed E-state index contributed by atoms with van der Waals surface area (Å²) in [5.74, 6) is 2.19. The molecule has 0 radical (unpaired) electrons. The van der Waals surface area contributed by atoms with Gasteiger partial charge in [0.25, 0.3) is 0 Å². The van der Waals surface area contributed by atoms with Crippen LogP contribution in [0.1, 0.15) is 11.4 Å². The Hall–Kier alpha value is -4.20. The van der Waals surface area contributed by atoms with E-state index < -0.39 is 0 Å². The average molecular weight is 400 g/mol. The summed E-state index contributed by atoms with van der Waals surface area (Å²) in [4.78, 5) is 20.8. The smallest absolute Gasteiger partial charge is 0.323 e. The molecule has 0 atom stereocenters. The third kappa shape index (κ3) is 4.79. The zero-order valence-corrected chi connectivity index (χ0v) is 16.5. The second-order valence-electron chi connectivity index (χ2n) is 6.64. The number of nitrogens with zero attached hydrogens (tertiary/aromatic N) is 4. The summed E-state index contributed by atoms with van der Waals surface area (Å²) in [6.07, 6.45) is 3.48. The number of carbonyl (C=O) groups is 1. The summed E-state index contributed by atoms with van der Waals surface area (Å²) >= 11 is 0. The summed E-state index contributed by atoms with van der Waals surface area (Å²) in [5, 5.41) is 9.77. The predicted octanol–water partition coefficient (Wildman–Crippen LogP) is 4.72. The van der Waals surface area contributed by atoms with E-state index in [1.165, 1.54) is 0 Å². The summed E-state index contributed by atoms with van der Waals surface area (Å²) < 4.78 is 7.49. The zero-order valence-electron chi connectivity index (χ0n) is 16.5. The molecule has 2 aromatic carbocycles. The predicted molar refractivity (Wildman–Crippen MR) is 114 cm³/mol. The van der Waals surface area contributed by atoms with E-state index in [-0.39, 0.29) is 6.03 Å². The number of anilines is 2. The van der Waals surface area contributed by atoms with Crippen LogP contribution in [0.15, 0.2) is 73.1 Å². The van der Waals surface area contributed by atoms with Gasteiger partial charge in [-0.05, 0) is 61.9 Å². The lowest BCUT2D eigenvalue weighted by Gasteiger charge is -2.10. The highest BCUT2D eigenvalue weighted by Gasteiger charge is 2.07. The Morgan fingerprint density at radius 2 is 1.73 bits per heavy atom. The number of amides is 2. The molecule has 0 spiro atoms. The van der Waals surface area contributed by atoms with Gasteiger partial charge in [-0.3, -0.25) is 0 Å². The molecule has 0 saturated heterocycles. The summed E-state index contributed by atoms with van der Waals surface area (Å²) in [6.45, 7) is 3.76. The van der Waals surface area contributed by atoms with Crippen molar-refractivity contribution in [3.05, 3.63) is 84.4 Å². The monoisotopic (exact) mass is 400 g/mol. The van der Waals surface area contributed by atoms with Gasteiger partial charge in [0, 0.05) is 29.8 Å². The van der Waals surface area contributed by atoms with Crippen LogP contribution in [0.5, 0.6) is 11.6 Å². The largest absolute Gasteiger partial charge is 0.439 e. The minimum Gasteiger partial charge on any atom is -0.439 e. The Bertz CT molecular complexity index is 1160. The maximum absolute atomic E-state index is 12.2. The molecule has 4 aromatic rings. The molecular formula is C22H20N6O2. The number of hydrogen-bond donors (Lipinski definition) is 2. The van der Waals surface area contributed by atoms with Crippen molar-refractivity contribution >= 4 is 17.4 Å². The molecular weight excluding hydrogens is 380 g/mol. The summed E-state index contributed by atoms with van der Waals surface area (Å²) in [5.41, 5.74) is 2.45. The fourth-order valence-corrected chi connectivity index (χ4v) is 2.84. The van der Waals surface area contributed by atoms with Gasteiger partial charge in [-0.15, -0.1) is 0 Å². The number of urea groups is 1. The van der Waals surface area contributed by atoms with Crippen molar-refractivity contribution in [3.63, 3.8) is 0 Å². The van der Waals surface area contributed by atoms with Crippen molar-refractivity contribution in [2.45, 2.75) is 13.8 Å². The van der Waals surface area contributed by atoms with E-state index in [1.807, 2.05) is 37.3 Å². The number of rotatable bonds is 5. The van der Waals surface area contributed by atoms with Crippen LogP contribution in [-0.2, 0) is 0 Å². The molecule has 2 amide bonds. The van der Waals surface area contributed by atoms with E-state index >= 15 is 0 Å². The molecule has 0 aliphatic carbocycles. The number of carbonyl (C=O) groups excluding carboxylic acids is 1. The molecule has 2 N–H and O–H groups in total. The quantitative estimate of drug-likeness (QED) is 0.506. The lowest BCUT2D eigenvalue weighted by Crippen LogP contribution is -2.19. The lowest BCUT2D eigenvalue weighted by atomic mass is 10.2. The van der Waals surface area contributed by atoms with Gasteiger partial charge in [0.15, 0.2) is 5.82 Å². The fourth-order valence-electron chi connectivity index (χ4n) is 2.84. The lowest BCUT2D eigenvalue weighted by molar-refractivity contribution is 0.262. The third-order valence-electron chi connectivity index (χ3n) is 4.15. The average Bonchev–Trinajstić information content (AvgIpc) is 3.24. The number of hydrogen-bond acceptors (Lipinski definition) is 5. The first-order valence-electron chi connectivity index (χ1n) is 9.33. The highest BCUT2D eigenvalue weighted by atomic mass is 16.5. The molecule has 2 heterocycles. The minimum absolute atomic E-state index is 0.315. The second kappa shape index (κ2) is 8.44. The van der Waals surface area contributed by atoms with Gasteiger partial charge in [-0.2, -0.15) is 10.1 Å². The molecule has 0 unspecified atom stereocenters. The van der Waals surface area contributed by atoms with Crippen molar-refractivity contribution in [3.8, 4) is 17.4 Å². The van der Waals surface area contributed by atoms with Gasteiger partial charge in [0.2, 0.25) is 5.88 Å². The topological polar surface area (TPSA) is 94.0 Å². The molecule has 0 aliphatic rings. The maximum Gasteiger partial charge on any atom is 0.323 e. The molecule has 4 rings (SSSR count). The van der Waals surface area contributed by atoms with Gasteiger partial charge in [-0.1, -0.05) is 12.1 Å². The highest BCUT2D eigenvalue weighted by molar-refractivity contribution is 5.99. The van der Waals surface area contributed by atoms with E-state index in [0.717, 1.165) is 11.3 Å². The van der Waals surface area contributed by atoms with Crippen LogP contribution in [0.25, 0.3) is 5.82 Å². The molecule has 0 saturated carbocycles. The Labute approximate surface area is 173 Å². The third-order valence-corrected chi connectivity index (χ3v) is 4.15. The van der Waals surface area contributed by atoms with Crippen molar-refractivity contribution in [1.82, 2.24) is 19.7 Å². The standard InChI is InChI=1S/C22H20N6O2/c1-15-5-3-6-18(13-15)27-22(29)26-17-7-9-19(10-8-17)30-21-14-20(24-16(2)25-21)28-12-4-11-23-28/h3-14H,1-2H3,(H2,26,27,29).